The third-order valence-corrected chi connectivity index (χ3v) is 3.96. The number of ether oxygens (including phenoxy) is 1. The van der Waals surface area contributed by atoms with E-state index >= 15 is 0 Å². The zero-order valence-electron chi connectivity index (χ0n) is 11.3. The van der Waals surface area contributed by atoms with Crippen molar-refractivity contribution in [2.75, 3.05) is 26.7 Å². The van der Waals surface area contributed by atoms with Crippen LogP contribution in [0, 0.1) is 0 Å². The maximum Gasteiger partial charge on any atom is 0.119 e. The van der Waals surface area contributed by atoms with Gasteiger partial charge >= 0.3 is 0 Å². The molecule has 0 radical (unpaired) electrons. The van der Waals surface area contributed by atoms with Crippen LogP contribution in [-0.4, -0.2) is 43.1 Å². The number of thioether (sulfide) groups is 1. The average molecular weight is 266 g/mol. The van der Waals surface area contributed by atoms with Crippen LogP contribution in [-0.2, 0) is 0 Å². The van der Waals surface area contributed by atoms with Gasteiger partial charge in [0.05, 0.1) is 11.5 Å². The van der Waals surface area contributed by atoms with Crippen molar-refractivity contribution in [1.82, 2.24) is 10.2 Å². The Bertz CT molecular complexity index is 367. The van der Waals surface area contributed by atoms with Crippen LogP contribution in [0.5, 0.6) is 5.75 Å². The Morgan fingerprint density at radius 1 is 1.33 bits per heavy atom. The molecule has 2 rings (SSSR count). The van der Waals surface area contributed by atoms with E-state index in [0.29, 0.717) is 5.37 Å². The van der Waals surface area contributed by atoms with E-state index in [1.807, 2.05) is 25.6 Å². The van der Waals surface area contributed by atoms with E-state index < -0.39 is 0 Å². The van der Waals surface area contributed by atoms with Gasteiger partial charge in [0.1, 0.15) is 5.75 Å². The Labute approximate surface area is 114 Å². The van der Waals surface area contributed by atoms with Gasteiger partial charge in [0.25, 0.3) is 0 Å². The third kappa shape index (κ3) is 4.19. The number of rotatable bonds is 4. The van der Waals surface area contributed by atoms with Crippen LogP contribution in [0.4, 0.5) is 0 Å². The zero-order valence-corrected chi connectivity index (χ0v) is 12.2. The summed E-state index contributed by atoms with van der Waals surface area (Å²) in [5.74, 6) is 0.947. The number of nitrogens with zero attached hydrogens (tertiary/aromatic N) is 1. The minimum Gasteiger partial charge on any atom is -0.491 e. The van der Waals surface area contributed by atoms with Crippen LogP contribution in [0.1, 0.15) is 13.8 Å². The third-order valence-electron chi connectivity index (χ3n) is 2.82. The summed E-state index contributed by atoms with van der Waals surface area (Å²) >= 11 is 1.89. The van der Waals surface area contributed by atoms with E-state index in [1.54, 1.807) is 0 Å². The lowest BCUT2D eigenvalue weighted by molar-refractivity contribution is 0.242. The molecule has 0 spiro atoms. The van der Waals surface area contributed by atoms with Gasteiger partial charge in [-0.1, -0.05) is 0 Å². The molecule has 0 aromatic heterocycles. The number of nitrogens with one attached hydrogen (secondary N) is 1. The second-order valence-electron chi connectivity index (χ2n) is 4.96. The van der Waals surface area contributed by atoms with Gasteiger partial charge < -0.3 is 15.0 Å². The summed E-state index contributed by atoms with van der Waals surface area (Å²) in [5.41, 5.74) is 0. The first-order valence-corrected chi connectivity index (χ1v) is 7.37. The summed E-state index contributed by atoms with van der Waals surface area (Å²) in [6.45, 7) is 7.39. The average Bonchev–Trinajstić information content (AvgIpc) is 2.31. The van der Waals surface area contributed by atoms with Gasteiger partial charge in [0.15, 0.2) is 0 Å². The van der Waals surface area contributed by atoms with Crippen molar-refractivity contribution in [3.8, 4) is 5.75 Å². The molecule has 0 saturated carbocycles. The second kappa shape index (κ2) is 6.45. The number of hydrogen-bond donors (Lipinski definition) is 1. The fraction of sp³-hybridized carbons (Fsp3) is 0.571. The molecule has 1 N–H and O–H groups in total. The van der Waals surface area contributed by atoms with Crippen molar-refractivity contribution in [2.45, 2.75) is 30.2 Å². The standard InChI is InChI=1S/C14H22N2OS/c1-11(2)17-12-4-6-13(7-5-12)18-14-10-16(3)9-8-15-14/h4-7,11,14-15H,8-10H2,1-3H3. The molecule has 3 nitrogen and oxygen atoms in total. The number of piperazine rings is 1. The van der Waals surface area contributed by atoms with Crippen molar-refractivity contribution in [3.63, 3.8) is 0 Å². The van der Waals surface area contributed by atoms with E-state index in [-0.39, 0.29) is 6.10 Å². The molecule has 1 fully saturated rings. The molecular formula is C14H22N2OS. The topological polar surface area (TPSA) is 24.5 Å². The summed E-state index contributed by atoms with van der Waals surface area (Å²) in [6, 6.07) is 8.38. The summed E-state index contributed by atoms with van der Waals surface area (Å²) < 4.78 is 5.64. The zero-order chi connectivity index (χ0) is 13.0. The van der Waals surface area contributed by atoms with Crippen LogP contribution in [0.3, 0.4) is 0 Å². The van der Waals surface area contributed by atoms with Crippen molar-refractivity contribution >= 4 is 11.8 Å². The maximum atomic E-state index is 5.64. The van der Waals surface area contributed by atoms with E-state index in [0.717, 1.165) is 25.4 Å². The smallest absolute Gasteiger partial charge is 0.119 e. The first-order chi connectivity index (χ1) is 8.63. The molecule has 1 aliphatic rings. The molecule has 1 heterocycles. The Balaban J connectivity index is 1.89. The SMILES string of the molecule is CC(C)Oc1ccc(SC2CN(C)CCN2)cc1. The molecule has 0 aliphatic carbocycles. The van der Waals surface area contributed by atoms with E-state index in [9.17, 15) is 0 Å². The predicted molar refractivity (Wildman–Crippen MR) is 77.4 cm³/mol. The predicted octanol–water partition coefficient (Wildman–Crippen LogP) is 2.43. The summed E-state index contributed by atoms with van der Waals surface area (Å²) in [4.78, 5) is 3.66. The van der Waals surface area contributed by atoms with Gasteiger partial charge in [-0.25, -0.2) is 0 Å². The normalized spacial score (nSPS) is 21.2. The lowest BCUT2D eigenvalue weighted by Gasteiger charge is -2.30. The van der Waals surface area contributed by atoms with Crippen LogP contribution >= 0.6 is 11.8 Å². The van der Waals surface area contributed by atoms with Crippen molar-refractivity contribution in [1.29, 1.82) is 0 Å². The maximum absolute atomic E-state index is 5.64. The van der Waals surface area contributed by atoms with Gasteiger partial charge in [0.2, 0.25) is 0 Å². The molecule has 1 atom stereocenters. The Kier molecular flexibility index (Phi) is 4.92. The van der Waals surface area contributed by atoms with Crippen molar-refractivity contribution in [3.05, 3.63) is 24.3 Å². The quantitative estimate of drug-likeness (QED) is 0.904. The fourth-order valence-corrected chi connectivity index (χ4v) is 3.12. The van der Waals surface area contributed by atoms with Gasteiger partial charge in [-0.2, -0.15) is 0 Å². The number of benzene rings is 1. The number of hydrogen-bond acceptors (Lipinski definition) is 4. The first-order valence-electron chi connectivity index (χ1n) is 6.49. The highest BCUT2D eigenvalue weighted by Gasteiger charge is 2.17. The molecule has 1 unspecified atom stereocenters. The van der Waals surface area contributed by atoms with Gasteiger partial charge in [-0.15, -0.1) is 11.8 Å². The van der Waals surface area contributed by atoms with Gasteiger partial charge in [0, 0.05) is 24.5 Å². The van der Waals surface area contributed by atoms with E-state index in [1.165, 1.54) is 4.90 Å². The Hall–Kier alpha value is -0.710. The Morgan fingerprint density at radius 3 is 2.67 bits per heavy atom. The second-order valence-corrected chi connectivity index (χ2v) is 6.24. The van der Waals surface area contributed by atoms with Gasteiger partial charge in [-0.3, -0.25) is 0 Å². The lowest BCUT2D eigenvalue weighted by atomic mass is 10.3. The molecule has 0 bridgehead atoms. The van der Waals surface area contributed by atoms with Crippen LogP contribution in [0.25, 0.3) is 0 Å². The molecule has 1 aromatic rings. The highest BCUT2D eigenvalue weighted by molar-refractivity contribution is 8.00. The molecule has 1 aliphatic heterocycles. The lowest BCUT2D eigenvalue weighted by Crippen LogP contribution is -2.47. The highest BCUT2D eigenvalue weighted by Crippen LogP contribution is 2.25. The minimum absolute atomic E-state index is 0.233. The molecule has 1 saturated heterocycles. The highest BCUT2D eigenvalue weighted by atomic mass is 32.2. The molecule has 1 aromatic carbocycles. The fourth-order valence-electron chi connectivity index (χ4n) is 1.97. The minimum atomic E-state index is 0.233. The Morgan fingerprint density at radius 2 is 2.06 bits per heavy atom. The van der Waals surface area contributed by atoms with Crippen LogP contribution < -0.4 is 10.1 Å². The molecule has 18 heavy (non-hydrogen) atoms. The molecule has 100 valence electrons. The molecule has 4 heteroatoms. The monoisotopic (exact) mass is 266 g/mol. The first kappa shape index (κ1) is 13.7. The van der Waals surface area contributed by atoms with Crippen molar-refractivity contribution in [2.24, 2.45) is 0 Å². The van der Waals surface area contributed by atoms with E-state index in [2.05, 4.69) is 41.5 Å². The van der Waals surface area contributed by atoms with Gasteiger partial charge in [-0.05, 0) is 45.2 Å². The van der Waals surface area contributed by atoms with E-state index in [4.69, 9.17) is 4.74 Å². The van der Waals surface area contributed by atoms with Crippen LogP contribution in [0.15, 0.2) is 29.2 Å². The summed E-state index contributed by atoms with van der Waals surface area (Å²) in [7, 11) is 2.17. The van der Waals surface area contributed by atoms with Crippen molar-refractivity contribution < 1.29 is 4.74 Å². The summed E-state index contributed by atoms with van der Waals surface area (Å²) in [6.07, 6.45) is 0.233. The summed E-state index contributed by atoms with van der Waals surface area (Å²) in [5, 5.41) is 4.02. The number of likely N-dealkylation sites (N-methyl/N-ethyl adjacent to an activating group) is 1. The largest absolute Gasteiger partial charge is 0.491 e. The molecule has 0 amide bonds. The molecular weight excluding hydrogens is 244 g/mol. The van der Waals surface area contributed by atoms with Crippen LogP contribution in [0.2, 0.25) is 0 Å².